The van der Waals surface area contributed by atoms with Crippen molar-refractivity contribution in [3.63, 3.8) is 0 Å². The highest BCUT2D eigenvalue weighted by molar-refractivity contribution is 9.11. The molecule has 0 amide bonds. The Morgan fingerprint density at radius 2 is 1.63 bits per heavy atom. The van der Waals surface area contributed by atoms with Crippen LogP contribution in [0.2, 0.25) is 5.02 Å². The van der Waals surface area contributed by atoms with E-state index in [4.69, 9.17) is 17.3 Å². The van der Waals surface area contributed by atoms with Crippen molar-refractivity contribution in [1.29, 1.82) is 0 Å². The number of hydrogen-bond acceptors (Lipinski definition) is 1. The second-order valence-electron chi connectivity index (χ2n) is 3.91. The van der Waals surface area contributed by atoms with Crippen LogP contribution < -0.4 is 5.73 Å². The van der Waals surface area contributed by atoms with E-state index in [0.717, 1.165) is 14.5 Å². The van der Waals surface area contributed by atoms with Gasteiger partial charge in [-0.2, -0.15) is 0 Å². The van der Waals surface area contributed by atoms with Crippen LogP contribution in [-0.4, -0.2) is 0 Å². The summed E-state index contributed by atoms with van der Waals surface area (Å²) in [5, 5.41) is 0.0408. The Morgan fingerprint density at radius 3 is 2.32 bits per heavy atom. The smallest absolute Gasteiger partial charge is 0.148 e. The quantitative estimate of drug-likeness (QED) is 0.549. The number of benzene rings is 2. The second kappa shape index (κ2) is 6.22. The Bertz CT molecular complexity index is 634. The van der Waals surface area contributed by atoms with Crippen LogP contribution in [0.3, 0.4) is 0 Å². The maximum absolute atomic E-state index is 14.2. The number of hydrogen-bond donors (Lipinski definition) is 1. The normalized spacial score (nSPS) is 12.5. The Morgan fingerprint density at radius 1 is 1.00 bits per heavy atom. The first-order valence-electron chi connectivity index (χ1n) is 5.25. The molecule has 0 aliphatic heterocycles. The van der Waals surface area contributed by atoms with Gasteiger partial charge in [-0.3, -0.25) is 0 Å². The third kappa shape index (κ3) is 3.22. The summed E-state index contributed by atoms with van der Waals surface area (Å²) in [5.41, 5.74) is 7.28. The summed E-state index contributed by atoms with van der Waals surface area (Å²) >= 11 is 15.9. The monoisotopic (exact) mass is 469 g/mol. The maximum Gasteiger partial charge on any atom is 0.148 e. The SMILES string of the molecule is NC(c1cc(Br)ccc1Br)c1ccc(Br)c(Cl)c1F. The fraction of sp³-hybridized carbons (Fsp3) is 0.0769. The van der Waals surface area contributed by atoms with E-state index in [0.29, 0.717) is 10.0 Å². The van der Waals surface area contributed by atoms with E-state index >= 15 is 0 Å². The van der Waals surface area contributed by atoms with Crippen molar-refractivity contribution in [2.45, 2.75) is 6.04 Å². The van der Waals surface area contributed by atoms with Crippen molar-refractivity contribution in [2.24, 2.45) is 5.73 Å². The highest BCUT2D eigenvalue weighted by Gasteiger charge is 2.19. The highest BCUT2D eigenvalue weighted by atomic mass is 79.9. The number of rotatable bonds is 2. The highest BCUT2D eigenvalue weighted by Crippen LogP contribution is 2.34. The molecule has 2 aromatic rings. The summed E-state index contributed by atoms with van der Waals surface area (Å²) in [6, 6.07) is 8.31. The van der Waals surface area contributed by atoms with Gasteiger partial charge in [0.25, 0.3) is 0 Å². The molecular weight excluding hydrogens is 464 g/mol. The van der Waals surface area contributed by atoms with Crippen molar-refractivity contribution >= 4 is 59.4 Å². The Balaban J connectivity index is 2.53. The molecule has 0 heterocycles. The third-order valence-electron chi connectivity index (χ3n) is 2.69. The Kier molecular flexibility index (Phi) is 5.06. The molecule has 1 unspecified atom stereocenters. The molecule has 0 saturated heterocycles. The van der Waals surface area contributed by atoms with Crippen LogP contribution in [0.15, 0.2) is 43.7 Å². The Labute approximate surface area is 140 Å². The molecule has 0 radical (unpaired) electrons. The molecular formula is C13H8Br3ClFN. The molecule has 2 rings (SSSR count). The summed E-state index contributed by atoms with van der Waals surface area (Å²) in [5.74, 6) is -0.504. The average molecular weight is 472 g/mol. The van der Waals surface area contributed by atoms with Gasteiger partial charge in [-0.05, 0) is 45.8 Å². The van der Waals surface area contributed by atoms with Crippen molar-refractivity contribution in [3.8, 4) is 0 Å². The van der Waals surface area contributed by atoms with E-state index in [9.17, 15) is 4.39 Å². The first-order valence-corrected chi connectivity index (χ1v) is 8.01. The van der Waals surface area contributed by atoms with Crippen LogP contribution in [0.1, 0.15) is 17.2 Å². The average Bonchev–Trinajstić information content (AvgIpc) is 2.38. The number of halogens is 5. The van der Waals surface area contributed by atoms with Crippen molar-refractivity contribution in [3.05, 3.63) is 65.7 Å². The molecule has 2 N–H and O–H groups in total. The topological polar surface area (TPSA) is 26.0 Å². The largest absolute Gasteiger partial charge is 0.320 e. The molecule has 0 saturated carbocycles. The molecule has 0 aliphatic rings. The summed E-state index contributed by atoms with van der Waals surface area (Å²) in [6.07, 6.45) is 0. The lowest BCUT2D eigenvalue weighted by atomic mass is 9.99. The molecule has 0 aromatic heterocycles. The lowest BCUT2D eigenvalue weighted by molar-refractivity contribution is 0.599. The van der Waals surface area contributed by atoms with E-state index in [-0.39, 0.29) is 5.02 Å². The fourth-order valence-electron chi connectivity index (χ4n) is 1.70. The molecule has 0 spiro atoms. The molecule has 6 heteroatoms. The van der Waals surface area contributed by atoms with Gasteiger partial charge in [-0.25, -0.2) is 4.39 Å². The molecule has 100 valence electrons. The van der Waals surface area contributed by atoms with E-state index in [1.165, 1.54) is 0 Å². The van der Waals surface area contributed by atoms with Gasteiger partial charge in [-0.1, -0.05) is 49.5 Å². The summed E-state index contributed by atoms with van der Waals surface area (Å²) in [7, 11) is 0. The third-order valence-corrected chi connectivity index (χ3v) is 5.17. The minimum atomic E-state index is -0.600. The molecule has 1 atom stereocenters. The van der Waals surface area contributed by atoms with Crippen molar-refractivity contribution in [2.75, 3.05) is 0 Å². The van der Waals surface area contributed by atoms with Crippen LogP contribution in [0.4, 0.5) is 4.39 Å². The van der Waals surface area contributed by atoms with Gasteiger partial charge in [0.05, 0.1) is 11.1 Å². The summed E-state index contributed by atoms with van der Waals surface area (Å²) < 4.78 is 16.4. The van der Waals surface area contributed by atoms with E-state index < -0.39 is 11.9 Å². The summed E-state index contributed by atoms with van der Waals surface area (Å²) in [6.45, 7) is 0. The maximum atomic E-state index is 14.2. The van der Waals surface area contributed by atoms with Gasteiger partial charge in [0.1, 0.15) is 5.82 Å². The zero-order valence-corrected chi connectivity index (χ0v) is 14.9. The van der Waals surface area contributed by atoms with Gasteiger partial charge in [0, 0.05) is 19.0 Å². The molecule has 0 bridgehead atoms. The lowest BCUT2D eigenvalue weighted by Crippen LogP contribution is -2.14. The molecule has 1 nitrogen and oxygen atoms in total. The lowest BCUT2D eigenvalue weighted by Gasteiger charge is -2.16. The molecule has 19 heavy (non-hydrogen) atoms. The first kappa shape index (κ1) is 15.4. The minimum Gasteiger partial charge on any atom is -0.320 e. The van der Waals surface area contributed by atoms with Crippen molar-refractivity contribution < 1.29 is 4.39 Å². The summed E-state index contributed by atoms with van der Waals surface area (Å²) in [4.78, 5) is 0. The zero-order chi connectivity index (χ0) is 14.2. The van der Waals surface area contributed by atoms with E-state index in [1.54, 1.807) is 12.1 Å². The van der Waals surface area contributed by atoms with E-state index in [1.807, 2.05) is 18.2 Å². The van der Waals surface area contributed by atoms with Gasteiger partial charge in [0.2, 0.25) is 0 Å². The zero-order valence-electron chi connectivity index (χ0n) is 9.43. The predicted molar refractivity (Wildman–Crippen MR) is 87.0 cm³/mol. The molecule has 0 fully saturated rings. The van der Waals surface area contributed by atoms with E-state index in [2.05, 4.69) is 47.8 Å². The fourth-order valence-corrected chi connectivity index (χ4v) is 3.05. The standard InChI is InChI=1S/C13H8Br3ClFN/c14-6-1-3-9(15)8(5-6)13(19)7-2-4-10(16)11(17)12(7)18/h1-5,13H,19H2. The van der Waals surface area contributed by atoms with Crippen LogP contribution >= 0.6 is 59.4 Å². The molecule has 0 aliphatic carbocycles. The first-order chi connectivity index (χ1) is 8.91. The van der Waals surface area contributed by atoms with Gasteiger partial charge in [0.15, 0.2) is 0 Å². The molecule has 2 aromatic carbocycles. The van der Waals surface area contributed by atoms with Crippen molar-refractivity contribution in [1.82, 2.24) is 0 Å². The predicted octanol–water partition coefficient (Wildman–Crippen LogP) is 5.81. The van der Waals surface area contributed by atoms with Crippen LogP contribution in [0.5, 0.6) is 0 Å². The van der Waals surface area contributed by atoms with Gasteiger partial charge >= 0.3 is 0 Å². The van der Waals surface area contributed by atoms with Crippen LogP contribution in [0, 0.1) is 5.82 Å². The Hall–Kier alpha value is 0.0600. The second-order valence-corrected chi connectivity index (χ2v) is 6.91. The number of nitrogens with two attached hydrogens (primary N) is 1. The van der Waals surface area contributed by atoms with Gasteiger partial charge < -0.3 is 5.73 Å². The minimum absolute atomic E-state index is 0.0408. The van der Waals surface area contributed by atoms with Crippen LogP contribution in [0.25, 0.3) is 0 Å². The van der Waals surface area contributed by atoms with Gasteiger partial charge in [-0.15, -0.1) is 0 Å². The van der Waals surface area contributed by atoms with Crippen LogP contribution in [-0.2, 0) is 0 Å².